The lowest BCUT2D eigenvalue weighted by molar-refractivity contribution is 0.665. The standard InChI is InChI=1S/C12H15N7/c1-3-8-4-9(18(2)17-8)5-19-7-16-10-11(13)14-6-15-12(10)19/h4,6-7H,3,5H2,1-2H3,(H2,13,14,15). The molecule has 3 rings (SSSR count). The van der Waals surface area contributed by atoms with Gasteiger partial charge in [-0.1, -0.05) is 6.92 Å². The molecule has 0 amide bonds. The first-order valence-corrected chi connectivity index (χ1v) is 6.12. The molecule has 7 heteroatoms. The molecule has 0 aliphatic rings. The van der Waals surface area contributed by atoms with Crippen LogP contribution in [0.1, 0.15) is 18.3 Å². The number of nitrogens with two attached hydrogens (primary N) is 1. The van der Waals surface area contributed by atoms with Crippen molar-refractivity contribution >= 4 is 17.0 Å². The molecule has 0 radical (unpaired) electrons. The number of hydrogen-bond donors (Lipinski definition) is 1. The van der Waals surface area contributed by atoms with Crippen LogP contribution in [0, 0.1) is 0 Å². The van der Waals surface area contributed by atoms with Crippen molar-refractivity contribution in [3.8, 4) is 0 Å². The third-order valence-corrected chi connectivity index (χ3v) is 3.15. The summed E-state index contributed by atoms with van der Waals surface area (Å²) in [6.45, 7) is 2.75. The molecule has 98 valence electrons. The summed E-state index contributed by atoms with van der Waals surface area (Å²) in [6.07, 6.45) is 4.11. The number of rotatable bonds is 3. The van der Waals surface area contributed by atoms with E-state index in [-0.39, 0.29) is 0 Å². The Hall–Kier alpha value is -2.44. The van der Waals surface area contributed by atoms with E-state index in [0.29, 0.717) is 17.9 Å². The highest BCUT2D eigenvalue weighted by Gasteiger charge is 2.10. The van der Waals surface area contributed by atoms with E-state index in [1.54, 1.807) is 6.33 Å². The van der Waals surface area contributed by atoms with Crippen LogP contribution >= 0.6 is 0 Å². The Kier molecular flexibility index (Phi) is 2.66. The molecular formula is C12H15N7. The Morgan fingerprint density at radius 2 is 2.11 bits per heavy atom. The Morgan fingerprint density at radius 1 is 1.26 bits per heavy atom. The van der Waals surface area contributed by atoms with Crippen molar-refractivity contribution in [1.82, 2.24) is 29.3 Å². The highest BCUT2D eigenvalue weighted by Crippen LogP contribution is 2.16. The third-order valence-electron chi connectivity index (χ3n) is 3.15. The van der Waals surface area contributed by atoms with E-state index in [2.05, 4.69) is 33.0 Å². The fourth-order valence-corrected chi connectivity index (χ4v) is 2.08. The normalized spacial score (nSPS) is 11.3. The summed E-state index contributed by atoms with van der Waals surface area (Å²) in [6, 6.07) is 2.09. The summed E-state index contributed by atoms with van der Waals surface area (Å²) >= 11 is 0. The summed E-state index contributed by atoms with van der Waals surface area (Å²) in [4.78, 5) is 12.4. The first kappa shape index (κ1) is 11.6. The Labute approximate surface area is 110 Å². The predicted molar refractivity (Wildman–Crippen MR) is 71.4 cm³/mol. The second-order valence-corrected chi connectivity index (χ2v) is 4.41. The van der Waals surface area contributed by atoms with Gasteiger partial charge < -0.3 is 10.3 Å². The Morgan fingerprint density at radius 3 is 2.84 bits per heavy atom. The largest absolute Gasteiger partial charge is 0.382 e. The lowest BCUT2D eigenvalue weighted by Gasteiger charge is -2.03. The van der Waals surface area contributed by atoms with Gasteiger partial charge in [-0.15, -0.1) is 0 Å². The van der Waals surface area contributed by atoms with Crippen molar-refractivity contribution in [1.29, 1.82) is 0 Å². The Balaban J connectivity index is 2.01. The lowest BCUT2D eigenvalue weighted by Crippen LogP contribution is -2.05. The van der Waals surface area contributed by atoms with Crippen LogP contribution in [0.5, 0.6) is 0 Å². The zero-order chi connectivity index (χ0) is 13.4. The average Bonchev–Trinajstić information content (AvgIpc) is 2.96. The molecule has 0 saturated heterocycles. The van der Waals surface area contributed by atoms with Crippen molar-refractivity contribution in [2.24, 2.45) is 7.05 Å². The molecule has 0 aliphatic heterocycles. The van der Waals surface area contributed by atoms with Crippen molar-refractivity contribution in [2.75, 3.05) is 5.73 Å². The minimum absolute atomic E-state index is 0.406. The number of aromatic nitrogens is 6. The average molecular weight is 257 g/mol. The molecule has 0 unspecified atom stereocenters. The van der Waals surface area contributed by atoms with Gasteiger partial charge in [0.25, 0.3) is 0 Å². The number of fused-ring (bicyclic) bond motifs is 1. The van der Waals surface area contributed by atoms with Gasteiger partial charge in [0.1, 0.15) is 11.8 Å². The maximum atomic E-state index is 5.77. The van der Waals surface area contributed by atoms with Crippen molar-refractivity contribution < 1.29 is 0 Å². The minimum Gasteiger partial charge on any atom is -0.382 e. The summed E-state index contributed by atoms with van der Waals surface area (Å²) in [5.74, 6) is 0.406. The van der Waals surface area contributed by atoms with Crippen LogP contribution in [0.4, 0.5) is 5.82 Å². The molecule has 0 aromatic carbocycles. The topological polar surface area (TPSA) is 87.4 Å². The summed E-state index contributed by atoms with van der Waals surface area (Å²) in [5.41, 5.74) is 9.34. The van der Waals surface area contributed by atoms with Crippen molar-refractivity contribution in [2.45, 2.75) is 19.9 Å². The molecule has 19 heavy (non-hydrogen) atoms. The van der Waals surface area contributed by atoms with Crippen LogP contribution in [0.2, 0.25) is 0 Å². The number of anilines is 1. The zero-order valence-electron chi connectivity index (χ0n) is 10.9. The van der Waals surface area contributed by atoms with Crippen LogP contribution in [0.15, 0.2) is 18.7 Å². The number of hydrogen-bond acceptors (Lipinski definition) is 5. The van der Waals surface area contributed by atoms with E-state index in [4.69, 9.17) is 5.73 Å². The summed E-state index contributed by atoms with van der Waals surface area (Å²) in [5, 5.41) is 4.43. The van der Waals surface area contributed by atoms with Gasteiger partial charge in [0.05, 0.1) is 24.3 Å². The van der Waals surface area contributed by atoms with Crippen molar-refractivity contribution in [3.63, 3.8) is 0 Å². The van der Waals surface area contributed by atoms with Crippen LogP contribution < -0.4 is 5.73 Å². The molecule has 3 aromatic heterocycles. The van der Waals surface area contributed by atoms with E-state index < -0.39 is 0 Å². The van der Waals surface area contributed by atoms with Gasteiger partial charge >= 0.3 is 0 Å². The van der Waals surface area contributed by atoms with Crippen molar-refractivity contribution in [3.05, 3.63) is 30.1 Å². The maximum Gasteiger partial charge on any atom is 0.165 e. The second-order valence-electron chi connectivity index (χ2n) is 4.41. The number of imidazole rings is 1. The van der Waals surface area contributed by atoms with Crippen LogP contribution in [-0.2, 0) is 20.0 Å². The summed E-state index contributed by atoms with van der Waals surface area (Å²) < 4.78 is 3.83. The first-order chi connectivity index (χ1) is 9.19. The van der Waals surface area contributed by atoms with Gasteiger partial charge in [-0.25, -0.2) is 15.0 Å². The molecule has 0 aliphatic carbocycles. The molecule has 0 spiro atoms. The van der Waals surface area contributed by atoms with E-state index in [9.17, 15) is 0 Å². The quantitative estimate of drug-likeness (QED) is 0.748. The monoisotopic (exact) mass is 257 g/mol. The van der Waals surface area contributed by atoms with E-state index >= 15 is 0 Å². The molecule has 0 bridgehead atoms. The van der Waals surface area contributed by atoms with E-state index in [1.807, 2.05) is 16.3 Å². The van der Waals surface area contributed by atoms with Gasteiger partial charge in [0.2, 0.25) is 0 Å². The summed E-state index contributed by atoms with van der Waals surface area (Å²) in [7, 11) is 1.94. The zero-order valence-corrected chi connectivity index (χ0v) is 10.9. The Bertz CT molecular complexity index is 725. The SMILES string of the molecule is CCc1cc(Cn2cnc3c(N)ncnc32)n(C)n1. The maximum absolute atomic E-state index is 5.77. The second kappa shape index (κ2) is 4.34. The number of aryl methyl sites for hydroxylation is 2. The molecule has 3 heterocycles. The molecule has 0 fully saturated rings. The van der Waals surface area contributed by atoms with Crippen LogP contribution in [0.25, 0.3) is 11.2 Å². The van der Waals surface area contributed by atoms with E-state index in [1.165, 1.54) is 6.33 Å². The van der Waals surface area contributed by atoms with Gasteiger partial charge in [0, 0.05) is 7.05 Å². The molecule has 0 atom stereocenters. The molecular weight excluding hydrogens is 242 g/mol. The van der Waals surface area contributed by atoms with Gasteiger partial charge in [-0.3, -0.25) is 4.68 Å². The third kappa shape index (κ3) is 1.92. The molecule has 7 nitrogen and oxygen atoms in total. The van der Waals surface area contributed by atoms with Gasteiger partial charge in [-0.2, -0.15) is 5.10 Å². The predicted octanol–water partition coefficient (Wildman–Crippen LogP) is 0.753. The van der Waals surface area contributed by atoms with Crippen LogP contribution in [0.3, 0.4) is 0 Å². The fourth-order valence-electron chi connectivity index (χ4n) is 2.08. The molecule has 0 saturated carbocycles. The number of nitrogens with zero attached hydrogens (tertiary/aromatic N) is 6. The fraction of sp³-hybridized carbons (Fsp3) is 0.333. The lowest BCUT2D eigenvalue weighted by atomic mass is 10.3. The van der Waals surface area contributed by atoms with Crippen LogP contribution in [-0.4, -0.2) is 29.3 Å². The smallest absolute Gasteiger partial charge is 0.165 e. The molecule has 3 aromatic rings. The van der Waals surface area contributed by atoms with Gasteiger partial charge in [0.15, 0.2) is 11.5 Å². The highest BCUT2D eigenvalue weighted by molar-refractivity contribution is 5.81. The van der Waals surface area contributed by atoms with E-state index in [0.717, 1.165) is 23.5 Å². The van der Waals surface area contributed by atoms with Gasteiger partial charge in [-0.05, 0) is 12.5 Å². The minimum atomic E-state index is 0.406. The number of nitrogen functional groups attached to an aromatic ring is 1. The molecule has 2 N–H and O–H groups in total. The highest BCUT2D eigenvalue weighted by atomic mass is 15.3. The first-order valence-electron chi connectivity index (χ1n) is 6.12.